The molecule has 1 aliphatic rings. The molecule has 0 bridgehead atoms. The van der Waals surface area contributed by atoms with Crippen molar-refractivity contribution in [3.63, 3.8) is 0 Å². The first-order valence-corrected chi connectivity index (χ1v) is 5.42. The highest BCUT2D eigenvalue weighted by Crippen LogP contribution is 2.44. The van der Waals surface area contributed by atoms with Crippen LogP contribution in [-0.2, 0) is 0 Å². The molecule has 2 aromatic carbocycles. The second kappa shape index (κ2) is 3.24. The van der Waals surface area contributed by atoms with E-state index in [1.807, 2.05) is 30.3 Å². The van der Waals surface area contributed by atoms with Crippen LogP contribution in [0.4, 0.5) is 5.69 Å². The number of aliphatic hydroxyl groups is 1. The fraction of sp³-hybridized carbons (Fsp3) is 0.0769. The van der Waals surface area contributed by atoms with Crippen molar-refractivity contribution in [1.82, 2.24) is 0 Å². The zero-order valence-electron chi connectivity index (χ0n) is 8.44. The molecule has 0 spiro atoms. The first kappa shape index (κ1) is 9.70. The second-order valence-electron chi connectivity index (χ2n) is 3.98. The molecule has 0 aliphatic heterocycles. The molecule has 0 aromatic heterocycles. The van der Waals surface area contributed by atoms with Crippen LogP contribution in [0.3, 0.4) is 0 Å². The van der Waals surface area contributed by atoms with Crippen LogP contribution in [0, 0.1) is 0 Å². The topological polar surface area (TPSA) is 46.2 Å². The predicted octanol–water partition coefficient (Wildman–Crippen LogP) is 2.98. The second-order valence-corrected chi connectivity index (χ2v) is 4.42. The van der Waals surface area contributed by atoms with Crippen LogP contribution in [0.15, 0.2) is 36.4 Å². The number of anilines is 1. The lowest BCUT2D eigenvalue weighted by Gasteiger charge is -2.05. The normalized spacial score (nSPS) is 17.0. The van der Waals surface area contributed by atoms with Gasteiger partial charge < -0.3 is 10.8 Å². The van der Waals surface area contributed by atoms with Crippen molar-refractivity contribution in [1.29, 1.82) is 0 Å². The SMILES string of the molecule is Nc1ccc2c(c1)[C@H](O)c1ccc(Cl)cc1-2. The summed E-state index contributed by atoms with van der Waals surface area (Å²) in [6, 6.07) is 11.1. The number of hydrogen-bond acceptors (Lipinski definition) is 2. The Morgan fingerprint density at radius 3 is 2.62 bits per heavy atom. The van der Waals surface area contributed by atoms with E-state index in [0.717, 1.165) is 22.3 Å². The monoisotopic (exact) mass is 231 g/mol. The van der Waals surface area contributed by atoms with Crippen LogP contribution in [0.1, 0.15) is 17.2 Å². The molecule has 0 unspecified atom stereocenters. The third-order valence-corrected chi connectivity index (χ3v) is 3.21. The Hall–Kier alpha value is -1.51. The fourth-order valence-corrected chi connectivity index (χ4v) is 2.39. The van der Waals surface area contributed by atoms with Gasteiger partial charge in [0.05, 0.1) is 0 Å². The molecule has 0 amide bonds. The number of halogens is 1. The molecule has 0 saturated carbocycles. The summed E-state index contributed by atoms with van der Waals surface area (Å²) in [5.41, 5.74) is 10.1. The highest BCUT2D eigenvalue weighted by molar-refractivity contribution is 6.31. The van der Waals surface area contributed by atoms with Crippen LogP contribution in [0.2, 0.25) is 5.02 Å². The zero-order valence-corrected chi connectivity index (χ0v) is 9.20. The van der Waals surface area contributed by atoms with Gasteiger partial charge in [0.25, 0.3) is 0 Å². The molecule has 0 saturated heterocycles. The van der Waals surface area contributed by atoms with Gasteiger partial charge in [-0.3, -0.25) is 0 Å². The molecule has 0 radical (unpaired) electrons. The Kier molecular flexibility index (Phi) is 1.96. The van der Waals surface area contributed by atoms with Crippen molar-refractivity contribution < 1.29 is 5.11 Å². The molecule has 16 heavy (non-hydrogen) atoms. The highest BCUT2D eigenvalue weighted by atomic mass is 35.5. The summed E-state index contributed by atoms with van der Waals surface area (Å²) in [5, 5.41) is 10.8. The summed E-state index contributed by atoms with van der Waals surface area (Å²) in [6.07, 6.45) is -0.592. The molecule has 2 nitrogen and oxygen atoms in total. The minimum Gasteiger partial charge on any atom is -0.399 e. The first-order chi connectivity index (χ1) is 7.66. The largest absolute Gasteiger partial charge is 0.399 e. The van der Waals surface area contributed by atoms with Crippen LogP contribution in [-0.4, -0.2) is 5.11 Å². The fourth-order valence-electron chi connectivity index (χ4n) is 2.22. The third-order valence-electron chi connectivity index (χ3n) is 2.97. The number of fused-ring (bicyclic) bond motifs is 3. The lowest BCUT2D eigenvalue weighted by molar-refractivity contribution is 0.225. The summed E-state index contributed by atoms with van der Waals surface area (Å²) < 4.78 is 0. The van der Waals surface area contributed by atoms with E-state index in [2.05, 4.69) is 0 Å². The van der Waals surface area contributed by atoms with E-state index < -0.39 is 6.10 Å². The molecule has 1 atom stereocenters. The molecule has 3 heteroatoms. The molecule has 2 aromatic rings. The van der Waals surface area contributed by atoms with E-state index >= 15 is 0 Å². The van der Waals surface area contributed by atoms with Crippen molar-refractivity contribution in [3.8, 4) is 11.1 Å². The van der Waals surface area contributed by atoms with Crippen molar-refractivity contribution in [2.24, 2.45) is 0 Å². The van der Waals surface area contributed by atoms with E-state index in [0.29, 0.717) is 10.7 Å². The Balaban J connectivity index is 2.31. The van der Waals surface area contributed by atoms with Crippen LogP contribution >= 0.6 is 11.6 Å². The maximum Gasteiger partial charge on any atom is 0.105 e. The van der Waals surface area contributed by atoms with Crippen molar-refractivity contribution in [2.75, 3.05) is 5.73 Å². The lowest BCUT2D eigenvalue weighted by Crippen LogP contribution is -1.94. The summed E-state index contributed by atoms with van der Waals surface area (Å²) in [5.74, 6) is 0. The molecule has 0 heterocycles. The Bertz CT molecular complexity index is 580. The lowest BCUT2D eigenvalue weighted by atomic mass is 10.1. The summed E-state index contributed by atoms with van der Waals surface area (Å²) >= 11 is 5.96. The molecular formula is C13H10ClNO. The number of nitrogens with two attached hydrogens (primary N) is 1. The highest BCUT2D eigenvalue weighted by Gasteiger charge is 2.26. The number of hydrogen-bond donors (Lipinski definition) is 2. The van der Waals surface area contributed by atoms with Gasteiger partial charge in [0.15, 0.2) is 0 Å². The van der Waals surface area contributed by atoms with Crippen molar-refractivity contribution >= 4 is 17.3 Å². The number of aliphatic hydroxyl groups excluding tert-OH is 1. The van der Waals surface area contributed by atoms with Gasteiger partial charge >= 0.3 is 0 Å². The van der Waals surface area contributed by atoms with Gasteiger partial charge in [-0.15, -0.1) is 0 Å². The minimum absolute atomic E-state index is 0.592. The zero-order chi connectivity index (χ0) is 11.3. The number of nitrogen functional groups attached to an aromatic ring is 1. The van der Waals surface area contributed by atoms with Gasteiger partial charge in [-0.1, -0.05) is 23.7 Å². The van der Waals surface area contributed by atoms with Gasteiger partial charge in [-0.05, 0) is 46.5 Å². The van der Waals surface area contributed by atoms with Gasteiger partial charge in [0, 0.05) is 10.7 Å². The van der Waals surface area contributed by atoms with E-state index in [1.165, 1.54) is 0 Å². The van der Waals surface area contributed by atoms with Crippen LogP contribution in [0.5, 0.6) is 0 Å². The third kappa shape index (κ3) is 1.24. The first-order valence-electron chi connectivity index (χ1n) is 5.04. The Labute approximate surface area is 98.3 Å². The predicted molar refractivity (Wildman–Crippen MR) is 65.4 cm³/mol. The number of rotatable bonds is 0. The van der Waals surface area contributed by atoms with Crippen LogP contribution < -0.4 is 5.73 Å². The standard InChI is InChI=1S/C13H10ClNO/c14-7-1-3-10-11(5-7)9-4-2-8(15)6-12(9)13(10)16/h1-6,13,16H,15H2/t13-/m1/s1. The minimum atomic E-state index is -0.592. The van der Waals surface area contributed by atoms with Gasteiger partial charge in [0.2, 0.25) is 0 Å². The van der Waals surface area contributed by atoms with Gasteiger partial charge in [-0.25, -0.2) is 0 Å². The van der Waals surface area contributed by atoms with Crippen molar-refractivity contribution in [3.05, 3.63) is 52.5 Å². The quantitative estimate of drug-likeness (QED) is 0.685. The molecular weight excluding hydrogens is 222 g/mol. The molecule has 1 aliphatic carbocycles. The van der Waals surface area contributed by atoms with Gasteiger partial charge in [0.1, 0.15) is 6.10 Å². The smallest absolute Gasteiger partial charge is 0.105 e. The average Bonchev–Trinajstić information content (AvgIpc) is 2.52. The van der Waals surface area contributed by atoms with Crippen molar-refractivity contribution in [2.45, 2.75) is 6.10 Å². The van der Waals surface area contributed by atoms with Crippen LogP contribution in [0.25, 0.3) is 11.1 Å². The maximum atomic E-state index is 10.2. The van der Waals surface area contributed by atoms with E-state index in [9.17, 15) is 5.11 Å². The molecule has 0 fully saturated rings. The summed E-state index contributed by atoms with van der Waals surface area (Å²) in [4.78, 5) is 0. The summed E-state index contributed by atoms with van der Waals surface area (Å²) in [6.45, 7) is 0. The molecule has 3 N–H and O–H groups in total. The van der Waals surface area contributed by atoms with E-state index in [4.69, 9.17) is 17.3 Å². The molecule has 3 rings (SSSR count). The summed E-state index contributed by atoms with van der Waals surface area (Å²) in [7, 11) is 0. The van der Waals surface area contributed by atoms with Gasteiger partial charge in [-0.2, -0.15) is 0 Å². The number of benzene rings is 2. The Morgan fingerprint density at radius 2 is 1.81 bits per heavy atom. The average molecular weight is 232 g/mol. The Morgan fingerprint density at radius 1 is 1.00 bits per heavy atom. The maximum absolute atomic E-state index is 10.2. The van der Waals surface area contributed by atoms with E-state index in [1.54, 1.807) is 6.07 Å². The molecule has 80 valence electrons. The van der Waals surface area contributed by atoms with E-state index in [-0.39, 0.29) is 0 Å².